The Balaban J connectivity index is 0.00000106. The Morgan fingerprint density at radius 2 is 2.06 bits per heavy atom. The Morgan fingerprint density at radius 3 is 2.69 bits per heavy atom. The van der Waals surface area contributed by atoms with Crippen molar-refractivity contribution in [3.8, 4) is 11.5 Å². The molecule has 0 heterocycles. The predicted octanol–water partition coefficient (Wildman–Crippen LogP) is 3.91. The molecular formula is C12H17BrO2Zn. The van der Waals surface area contributed by atoms with Crippen molar-refractivity contribution in [1.82, 2.24) is 0 Å². The number of ether oxygens (including phenoxy) is 2. The second-order valence-corrected chi connectivity index (χ2v) is 3.13. The quantitative estimate of drug-likeness (QED) is 0.445. The molecule has 2 nitrogen and oxygen atoms in total. The third-order valence-electron chi connectivity index (χ3n) is 2.01. The van der Waals surface area contributed by atoms with Crippen molar-refractivity contribution in [2.75, 3.05) is 13.7 Å². The summed E-state index contributed by atoms with van der Waals surface area (Å²) in [7, 11) is 1.64. The summed E-state index contributed by atoms with van der Waals surface area (Å²) in [5, 5.41) is 0. The molecular weight excluding hydrogens is 321 g/mol. The van der Waals surface area contributed by atoms with Crippen molar-refractivity contribution in [2.45, 2.75) is 26.2 Å². The molecule has 0 aliphatic heterocycles. The topological polar surface area (TPSA) is 18.5 Å². The first-order valence-electron chi connectivity index (χ1n) is 5.32. The van der Waals surface area contributed by atoms with E-state index in [2.05, 4.69) is 26.6 Å². The summed E-state index contributed by atoms with van der Waals surface area (Å²) in [6.45, 7) is 2.94. The van der Waals surface area contributed by atoms with Gasteiger partial charge in [-0.2, -0.15) is 12.1 Å². The van der Waals surface area contributed by atoms with Crippen LogP contribution in [0.15, 0.2) is 18.2 Å². The van der Waals surface area contributed by atoms with Crippen LogP contribution in [0.5, 0.6) is 11.5 Å². The minimum absolute atomic E-state index is 0.754. The van der Waals surface area contributed by atoms with Crippen LogP contribution in [-0.2, 0) is 16.3 Å². The molecule has 16 heavy (non-hydrogen) atoms. The molecule has 0 fully saturated rings. The Hall–Kier alpha value is -0.0766. The van der Waals surface area contributed by atoms with Crippen molar-refractivity contribution < 1.29 is 25.8 Å². The fraction of sp³-hybridized carbons (Fsp3) is 0.500. The van der Waals surface area contributed by atoms with E-state index in [1.54, 1.807) is 13.2 Å². The van der Waals surface area contributed by atoms with Crippen LogP contribution in [0.4, 0.5) is 0 Å². The molecule has 0 aliphatic rings. The molecule has 1 rings (SSSR count). The van der Waals surface area contributed by atoms with Crippen molar-refractivity contribution in [3.05, 3.63) is 24.3 Å². The van der Waals surface area contributed by atoms with Crippen LogP contribution in [0.1, 0.15) is 26.2 Å². The van der Waals surface area contributed by atoms with E-state index < -0.39 is 0 Å². The molecule has 0 atom stereocenters. The number of benzene rings is 1. The van der Waals surface area contributed by atoms with Gasteiger partial charge in [0, 0.05) is 5.75 Å². The van der Waals surface area contributed by atoms with Crippen molar-refractivity contribution >= 4 is 13.6 Å². The molecule has 0 aromatic heterocycles. The summed E-state index contributed by atoms with van der Waals surface area (Å²) < 4.78 is 10.7. The SMILES string of the molecule is CCCCCOc1cc[c-]cc1OC.[Zn+][Br]. The van der Waals surface area contributed by atoms with E-state index in [9.17, 15) is 0 Å². The zero-order chi connectivity index (χ0) is 12.2. The maximum absolute atomic E-state index is 5.59. The van der Waals surface area contributed by atoms with Gasteiger partial charge >= 0.3 is 30.0 Å². The summed E-state index contributed by atoms with van der Waals surface area (Å²) in [6, 6.07) is 8.45. The van der Waals surface area contributed by atoms with Gasteiger partial charge in [0.1, 0.15) is 0 Å². The molecule has 1 aromatic carbocycles. The number of rotatable bonds is 6. The second-order valence-electron chi connectivity index (χ2n) is 3.13. The molecule has 1 aromatic rings. The van der Waals surface area contributed by atoms with E-state index in [1.165, 1.54) is 29.2 Å². The van der Waals surface area contributed by atoms with E-state index in [1.807, 2.05) is 12.1 Å². The van der Waals surface area contributed by atoms with E-state index in [-0.39, 0.29) is 0 Å². The van der Waals surface area contributed by atoms with Gasteiger partial charge in [0.2, 0.25) is 0 Å². The molecule has 86 valence electrons. The summed E-state index contributed by atoms with van der Waals surface area (Å²) in [4.78, 5) is 0. The normalized spacial score (nSPS) is 9.06. The van der Waals surface area contributed by atoms with Crippen LogP contribution in [-0.4, -0.2) is 13.7 Å². The Labute approximate surface area is 115 Å². The maximum atomic E-state index is 5.59. The monoisotopic (exact) mass is 336 g/mol. The van der Waals surface area contributed by atoms with Gasteiger partial charge in [0.25, 0.3) is 0 Å². The van der Waals surface area contributed by atoms with Crippen molar-refractivity contribution in [1.29, 1.82) is 0 Å². The first-order valence-corrected chi connectivity index (χ1v) is 12.3. The zero-order valence-electron chi connectivity index (χ0n) is 9.96. The summed E-state index contributed by atoms with van der Waals surface area (Å²) >= 11 is 4.25. The molecule has 0 aliphatic carbocycles. The first kappa shape index (κ1) is 15.9. The number of unbranched alkanes of at least 4 members (excludes halogenated alkanes) is 2. The van der Waals surface area contributed by atoms with Crippen LogP contribution >= 0.6 is 13.6 Å². The molecule has 0 saturated carbocycles. The van der Waals surface area contributed by atoms with E-state index in [0.29, 0.717) is 0 Å². The fourth-order valence-corrected chi connectivity index (χ4v) is 1.21. The zero-order valence-corrected chi connectivity index (χ0v) is 14.5. The van der Waals surface area contributed by atoms with Crippen LogP contribution in [0.25, 0.3) is 0 Å². The minimum atomic E-state index is 0.754. The van der Waals surface area contributed by atoms with Gasteiger partial charge in [-0.15, -0.1) is 12.1 Å². The van der Waals surface area contributed by atoms with E-state index in [0.717, 1.165) is 24.5 Å². The summed E-state index contributed by atoms with van der Waals surface area (Å²) in [6.07, 6.45) is 3.52. The van der Waals surface area contributed by atoms with E-state index in [4.69, 9.17) is 9.47 Å². The van der Waals surface area contributed by atoms with Gasteiger partial charge in [-0.05, 0) is 6.42 Å². The first-order chi connectivity index (χ1) is 7.88. The molecule has 4 heteroatoms. The molecule has 0 saturated heterocycles. The van der Waals surface area contributed by atoms with Crippen molar-refractivity contribution in [3.63, 3.8) is 0 Å². The third kappa shape index (κ3) is 6.49. The number of hydrogen-bond donors (Lipinski definition) is 0. The summed E-state index contributed by atoms with van der Waals surface area (Å²) in [5.74, 6) is 1.56. The van der Waals surface area contributed by atoms with Crippen LogP contribution in [0, 0.1) is 6.07 Å². The van der Waals surface area contributed by atoms with Gasteiger partial charge in [0.05, 0.1) is 19.5 Å². The third-order valence-corrected chi connectivity index (χ3v) is 2.01. The van der Waals surface area contributed by atoms with Gasteiger partial charge in [0.15, 0.2) is 0 Å². The van der Waals surface area contributed by atoms with E-state index >= 15 is 0 Å². The van der Waals surface area contributed by atoms with Gasteiger partial charge < -0.3 is 9.47 Å². The fourth-order valence-electron chi connectivity index (χ4n) is 1.21. The molecule has 0 spiro atoms. The number of hydrogen-bond acceptors (Lipinski definition) is 2. The number of halogens is 1. The molecule has 0 amide bonds. The molecule has 0 N–H and O–H groups in total. The molecule has 0 radical (unpaired) electrons. The van der Waals surface area contributed by atoms with Crippen LogP contribution in [0.3, 0.4) is 0 Å². The average molecular weight is 339 g/mol. The van der Waals surface area contributed by atoms with Gasteiger partial charge in [-0.1, -0.05) is 19.8 Å². The average Bonchev–Trinajstić information content (AvgIpc) is 2.37. The molecule has 0 bridgehead atoms. The van der Waals surface area contributed by atoms with Gasteiger partial charge in [-0.3, -0.25) is 0 Å². The Kier molecular flexibility index (Phi) is 11.4. The second kappa shape index (κ2) is 11.4. The van der Waals surface area contributed by atoms with Crippen LogP contribution < -0.4 is 9.47 Å². The summed E-state index contributed by atoms with van der Waals surface area (Å²) in [5.41, 5.74) is 0. The predicted molar refractivity (Wildman–Crippen MR) is 65.8 cm³/mol. The standard InChI is InChI=1S/C12H17O2.BrH.Zn/c1-3-4-7-10-14-12-9-6-5-8-11(12)13-2;;/h6,8-9H,3-4,7,10H2,1-2H3;1H;/q-1;;+2/p-1. The van der Waals surface area contributed by atoms with Crippen LogP contribution in [0.2, 0.25) is 0 Å². The van der Waals surface area contributed by atoms with Crippen molar-refractivity contribution in [2.24, 2.45) is 0 Å². The molecule has 0 unspecified atom stereocenters. The van der Waals surface area contributed by atoms with Gasteiger partial charge in [-0.25, -0.2) is 0 Å². The Morgan fingerprint density at radius 1 is 1.31 bits per heavy atom. The number of methoxy groups -OCH3 is 1. The Bertz CT molecular complexity index is 269.